The van der Waals surface area contributed by atoms with Gasteiger partial charge < -0.3 is 9.47 Å². The molecule has 122 valence electrons. The summed E-state index contributed by atoms with van der Waals surface area (Å²) in [7, 11) is -2.21. The van der Waals surface area contributed by atoms with Gasteiger partial charge in [-0.25, -0.2) is 17.5 Å². The van der Waals surface area contributed by atoms with Crippen LogP contribution in [0.15, 0.2) is 47.4 Å². The van der Waals surface area contributed by atoms with E-state index >= 15 is 0 Å². The molecule has 23 heavy (non-hydrogen) atoms. The molecule has 0 bridgehead atoms. The number of halogens is 1. The Balaban J connectivity index is 1.88. The molecule has 1 heterocycles. The lowest BCUT2D eigenvalue weighted by Gasteiger charge is -2.26. The van der Waals surface area contributed by atoms with E-state index in [2.05, 4.69) is 4.72 Å². The second kappa shape index (κ2) is 6.17. The van der Waals surface area contributed by atoms with Gasteiger partial charge in [-0.15, -0.1) is 0 Å². The highest BCUT2D eigenvalue weighted by molar-refractivity contribution is 7.89. The molecule has 0 aliphatic carbocycles. The van der Waals surface area contributed by atoms with Gasteiger partial charge in [-0.05, 0) is 42.5 Å². The molecule has 2 aromatic rings. The highest BCUT2D eigenvalue weighted by Crippen LogP contribution is 2.33. The maximum absolute atomic E-state index is 13.5. The summed E-state index contributed by atoms with van der Waals surface area (Å²) in [6.45, 7) is 0.369. The van der Waals surface area contributed by atoms with E-state index in [0.29, 0.717) is 30.1 Å². The zero-order chi connectivity index (χ0) is 16.4. The molecule has 5 nitrogen and oxygen atoms in total. The Morgan fingerprint density at radius 3 is 2.65 bits per heavy atom. The van der Waals surface area contributed by atoms with Gasteiger partial charge in [0.2, 0.25) is 10.0 Å². The van der Waals surface area contributed by atoms with E-state index in [4.69, 9.17) is 9.47 Å². The van der Waals surface area contributed by atoms with E-state index in [9.17, 15) is 12.8 Å². The van der Waals surface area contributed by atoms with Crippen LogP contribution in [0.4, 0.5) is 4.39 Å². The second-order valence-corrected chi connectivity index (χ2v) is 6.88. The molecule has 1 aliphatic heterocycles. The first-order valence-electron chi connectivity index (χ1n) is 7.08. The summed E-state index contributed by atoms with van der Waals surface area (Å²) < 4.78 is 51.6. The predicted molar refractivity (Wildman–Crippen MR) is 82.6 cm³/mol. The normalized spacial score (nSPS) is 17.2. The van der Waals surface area contributed by atoms with Crippen LogP contribution in [0.5, 0.6) is 11.5 Å². The standard InChI is InChI=1S/C16H16FNO4S/c1-21-12-3-5-13(6-4-12)23(19,20)18-15-8-9-22-16-7-2-11(17)10-14(15)16/h2-7,10,15,18H,8-9H2,1H3. The molecule has 0 spiro atoms. The maximum Gasteiger partial charge on any atom is 0.241 e. The number of rotatable bonds is 4. The average Bonchev–Trinajstić information content (AvgIpc) is 2.55. The van der Waals surface area contributed by atoms with Gasteiger partial charge in [0.15, 0.2) is 0 Å². The number of sulfonamides is 1. The third-order valence-electron chi connectivity index (χ3n) is 3.68. The van der Waals surface area contributed by atoms with Crippen molar-refractivity contribution in [3.05, 3.63) is 53.8 Å². The van der Waals surface area contributed by atoms with Crippen LogP contribution < -0.4 is 14.2 Å². The first-order chi connectivity index (χ1) is 11.0. The summed E-state index contributed by atoms with van der Waals surface area (Å²) >= 11 is 0. The first-order valence-corrected chi connectivity index (χ1v) is 8.56. The zero-order valence-electron chi connectivity index (χ0n) is 12.5. The summed E-state index contributed by atoms with van der Waals surface area (Å²) in [5, 5.41) is 0. The van der Waals surface area contributed by atoms with Crippen LogP contribution in [0.25, 0.3) is 0 Å². The third kappa shape index (κ3) is 3.30. The van der Waals surface area contributed by atoms with Gasteiger partial charge in [-0.3, -0.25) is 0 Å². The van der Waals surface area contributed by atoms with Crippen molar-refractivity contribution in [2.24, 2.45) is 0 Å². The average molecular weight is 337 g/mol. The third-order valence-corrected chi connectivity index (χ3v) is 5.17. The fourth-order valence-electron chi connectivity index (χ4n) is 2.50. The van der Waals surface area contributed by atoms with Gasteiger partial charge in [-0.1, -0.05) is 0 Å². The Morgan fingerprint density at radius 2 is 1.96 bits per heavy atom. The lowest BCUT2D eigenvalue weighted by atomic mass is 10.0. The SMILES string of the molecule is COc1ccc(S(=O)(=O)NC2CCOc3ccc(F)cc32)cc1. The minimum Gasteiger partial charge on any atom is -0.497 e. The molecule has 1 atom stereocenters. The van der Waals surface area contributed by atoms with E-state index in [1.165, 1.54) is 37.4 Å². The van der Waals surface area contributed by atoms with Crippen LogP contribution in [-0.2, 0) is 10.0 Å². The maximum atomic E-state index is 13.5. The van der Waals surface area contributed by atoms with Crippen molar-refractivity contribution >= 4 is 10.0 Å². The fourth-order valence-corrected chi connectivity index (χ4v) is 3.75. The Morgan fingerprint density at radius 1 is 1.22 bits per heavy atom. The molecule has 1 unspecified atom stereocenters. The number of ether oxygens (including phenoxy) is 2. The number of benzene rings is 2. The van der Waals surface area contributed by atoms with Crippen molar-refractivity contribution in [3.8, 4) is 11.5 Å². The van der Waals surface area contributed by atoms with Crippen molar-refractivity contribution in [1.82, 2.24) is 4.72 Å². The number of methoxy groups -OCH3 is 1. The van der Waals surface area contributed by atoms with Crippen molar-refractivity contribution in [1.29, 1.82) is 0 Å². The topological polar surface area (TPSA) is 64.6 Å². The molecule has 1 N–H and O–H groups in total. The second-order valence-electron chi connectivity index (χ2n) is 5.17. The van der Waals surface area contributed by atoms with Crippen molar-refractivity contribution in [2.45, 2.75) is 17.4 Å². The van der Waals surface area contributed by atoms with Crippen LogP contribution >= 0.6 is 0 Å². The smallest absolute Gasteiger partial charge is 0.241 e. The van der Waals surface area contributed by atoms with E-state index in [-0.39, 0.29) is 4.90 Å². The Hall–Kier alpha value is -2.12. The molecular weight excluding hydrogens is 321 g/mol. The minimum atomic E-state index is -3.72. The number of hydrogen-bond donors (Lipinski definition) is 1. The summed E-state index contributed by atoms with van der Waals surface area (Å²) in [6, 6.07) is 9.66. The van der Waals surface area contributed by atoms with Crippen LogP contribution in [0, 0.1) is 5.82 Å². The molecule has 7 heteroatoms. The number of hydrogen-bond acceptors (Lipinski definition) is 4. The minimum absolute atomic E-state index is 0.128. The van der Waals surface area contributed by atoms with Gasteiger partial charge in [0.05, 0.1) is 24.7 Å². The summed E-state index contributed by atoms with van der Waals surface area (Å²) in [6.07, 6.45) is 0.436. The summed E-state index contributed by atoms with van der Waals surface area (Å²) in [5.74, 6) is 0.644. The lowest BCUT2D eigenvalue weighted by Crippen LogP contribution is -2.32. The van der Waals surface area contributed by atoms with Gasteiger partial charge in [0, 0.05) is 12.0 Å². The number of nitrogens with one attached hydrogen (secondary N) is 1. The van der Waals surface area contributed by atoms with Crippen LogP contribution in [0.2, 0.25) is 0 Å². The van der Waals surface area contributed by atoms with E-state index in [0.717, 1.165) is 0 Å². The molecular formula is C16H16FNO4S. The van der Waals surface area contributed by atoms with Crippen molar-refractivity contribution in [2.75, 3.05) is 13.7 Å². The van der Waals surface area contributed by atoms with Gasteiger partial charge in [-0.2, -0.15) is 0 Å². The van der Waals surface area contributed by atoms with E-state index < -0.39 is 21.9 Å². The highest BCUT2D eigenvalue weighted by atomic mass is 32.2. The van der Waals surface area contributed by atoms with E-state index in [1.807, 2.05) is 0 Å². The van der Waals surface area contributed by atoms with Gasteiger partial charge in [0.25, 0.3) is 0 Å². The molecule has 1 aliphatic rings. The van der Waals surface area contributed by atoms with Crippen LogP contribution in [0.3, 0.4) is 0 Å². The van der Waals surface area contributed by atoms with Crippen molar-refractivity contribution < 1.29 is 22.3 Å². The Bertz CT molecular complexity index is 805. The molecule has 2 aromatic carbocycles. The number of fused-ring (bicyclic) bond motifs is 1. The molecule has 0 aromatic heterocycles. The molecule has 0 amide bonds. The quantitative estimate of drug-likeness (QED) is 0.931. The van der Waals surface area contributed by atoms with Gasteiger partial charge in [0.1, 0.15) is 17.3 Å². The summed E-state index contributed by atoms with van der Waals surface area (Å²) in [4.78, 5) is 0.128. The molecule has 0 radical (unpaired) electrons. The van der Waals surface area contributed by atoms with Crippen LogP contribution in [-0.4, -0.2) is 22.1 Å². The van der Waals surface area contributed by atoms with E-state index in [1.54, 1.807) is 12.1 Å². The molecule has 0 saturated carbocycles. The highest BCUT2D eigenvalue weighted by Gasteiger charge is 2.27. The summed E-state index contributed by atoms with van der Waals surface area (Å²) in [5.41, 5.74) is 0.508. The van der Waals surface area contributed by atoms with Crippen molar-refractivity contribution in [3.63, 3.8) is 0 Å². The first kappa shape index (κ1) is 15.8. The van der Waals surface area contributed by atoms with Gasteiger partial charge >= 0.3 is 0 Å². The zero-order valence-corrected chi connectivity index (χ0v) is 13.3. The fraction of sp³-hybridized carbons (Fsp3) is 0.250. The Kier molecular flexibility index (Phi) is 4.23. The molecule has 3 rings (SSSR count). The largest absolute Gasteiger partial charge is 0.497 e. The molecule has 0 saturated heterocycles. The monoisotopic (exact) mass is 337 g/mol. The molecule has 0 fully saturated rings. The predicted octanol–water partition coefficient (Wildman–Crippen LogP) is 2.64. The Labute approximate surface area is 134 Å². The van der Waals surface area contributed by atoms with Crippen LogP contribution in [0.1, 0.15) is 18.0 Å². The lowest BCUT2D eigenvalue weighted by molar-refractivity contribution is 0.262.